The van der Waals surface area contributed by atoms with Gasteiger partial charge >= 0.3 is 0 Å². The summed E-state index contributed by atoms with van der Waals surface area (Å²) in [4.78, 5) is 29.4. The smallest absolute Gasteiger partial charge is 0.263 e. The van der Waals surface area contributed by atoms with Gasteiger partial charge in [0.1, 0.15) is 11.6 Å². The van der Waals surface area contributed by atoms with Crippen molar-refractivity contribution in [1.29, 1.82) is 0 Å². The lowest BCUT2D eigenvalue weighted by Crippen LogP contribution is -2.41. The minimum atomic E-state index is -0.616. The highest BCUT2D eigenvalue weighted by Gasteiger charge is 2.33. The molecule has 0 N–H and O–H groups in total. The Morgan fingerprint density at radius 3 is 2.36 bits per heavy atom. The summed E-state index contributed by atoms with van der Waals surface area (Å²) in [5, 5.41) is 0. The molecule has 2 aromatic carbocycles. The summed E-state index contributed by atoms with van der Waals surface area (Å²) in [7, 11) is 0. The van der Waals surface area contributed by atoms with Gasteiger partial charge in [-0.05, 0) is 74.1 Å². The second kappa shape index (κ2) is 10.8. The van der Waals surface area contributed by atoms with E-state index in [4.69, 9.17) is 4.74 Å². The SMILES string of the molecule is CCN(CC)C(=O)C(C)Oc1ccc2c(c1)C(c1ccc(F)cc1)N(C(=O)CC(C)C)CC2. The molecule has 3 rings (SSSR count). The van der Waals surface area contributed by atoms with Gasteiger partial charge in [0.2, 0.25) is 5.91 Å². The topological polar surface area (TPSA) is 49.9 Å². The Morgan fingerprint density at radius 2 is 1.76 bits per heavy atom. The zero-order valence-electron chi connectivity index (χ0n) is 20.3. The van der Waals surface area contributed by atoms with E-state index in [1.165, 1.54) is 12.1 Å². The number of halogens is 1. The quantitative estimate of drug-likeness (QED) is 0.565. The Hall–Kier alpha value is -2.89. The molecule has 2 atom stereocenters. The number of fused-ring (bicyclic) bond motifs is 1. The minimum absolute atomic E-state index is 0.0541. The predicted octanol–water partition coefficient (Wildman–Crippen LogP) is 4.98. The van der Waals surface area contributed by atoms with E-state index in [1.807, 2.05) is 50.8 Å². The first-order chi connectivity index (χ1) is 15.7. The number of hydrogen-bond acceptors (Lipinski definition) is 3. The van der Waals surface area contributed by atoms with Crippen LogP contribution in [0.5, 0.6) is 5.75 Å². The molecule has 1 aliphatic heterocycles. The number of ether oxygens (including phenoxy) is 1. The molecule has 1 heterocycles. The van der Waals surface area contributed by atoms with Crippen molar-refractivity contribution in [2.75, 3.05) is 19.6 Å². The van der Waals surface area contributed by atoms with Crippen LogP contribution in [0.1, 0.15) is 63.8 Å². The number of amides is 2. The molecule has 6 heteroatoms. The fraction of sp³-hybridized carbons (Fsp3) is 0.481. The maximum absolute atomic E-state index is 13.6. The fourth-order valence-electron chi connectivity index (χ4n) is 4.45. The molecule has 0 radical (unpaired) electrons. The van der Waals surface area contributed by atoms with Crippen LogP contribution in [0.25, 0.3) is 0 Å². The molecule has 0 aromatic heterocycles. The van der Waals surface area contributed by atoms with E-state index in [1.54, 1.807) is 24.0 Å². The van der Waals surface area contributed by atoms with E-state index in [0.29, 0.717) is 31.8 Å². The first-order valence-electron chi connectivity index (χ1n) is 11.9. The monoisotopic (exact) mass is 454 g/mol. The molecule has 0 spiro atoms. The van der Waals surface area contributed by atoms with E-state index in [2.05, 4.69) is 0 Å². The predicted molar refractivity (Wildman–Crippen MR) is 128 cm³/mol. The van der Waals surface area contributed by atoms with Crippen LogP contribution in [0.4, 0.5) is 4.39 Å². The summed E-state index contributed by atoms with van der Waals surface area (Å²) in [6.07, 6.45) is 0.582. The Morgan fingerprint density at radius 1 is 1.09 bits per heavy atom. The molecule has 5 nitrogen and oxygen atoms in total. The highest BCUT2D eigenvalue weighted by atomic mass is 19.1. The summed E-state index contributed by atoms with van der Waals surface area (Å²) >= 11 is 0. The summed E-state index contributed by atoms with van der Waals surface area (Å²) in [6.45, 7) is 11.6. The Kier molecular flexibility index (Phi) is 8.11. The minimum Gasteiger partial charge on any atom is -0.481 e. The van der Waals surface area contributed by atoms with E-state index >= 15 is 0 Å². The van der Waals surface area contributed by atoms with Crippen LogP contribution in [-0.4, -0.2) is 47.4 Å². The largest absolute Gasteiger partial charge is 0.481 e. The molecule has 178 valence electrons. The third-order valence-electron chi connectivity index (χ3n) is 6.17. The molecule has 0 aliphatic carbocycles. The van der Waals surface area contributed by atoms with Gasteiger partial charge in [-0.15, -0.1) is 0 Å². The van der Waals surface area contributed by atoms with E-state index in [0.717, 1.165) is 23.1 Å². The van der Waals surface area contributed by atoms with Gasteiger partial charge in [-0.1, -0.05) is 32.0 Å². The normalized spacial score (nSPS) is 16.3. The number of hydrogen-bond donors (Lipinski definition) is 0. The Labute approximate surface area is 196 Å². The number of carbonyl (C=O) groups is 2. The number of nitrogens with zero attached hydrogens (tertiary/aromatic N) is 2. The molecule has 33 heavy (non-hydrogen) atoms. The van der Waals surface area contributed by atoms with Gasteiger partial charge < -0.3 is 14.5 Å². The molecule has 2 unspecified atom stereocenters. The zero-order chi connectivity index (χ0) is 24.1. The van der Waals surface area contributed by atoms with Crippen molar-refractivity contribution in [2.24, 2.45) is 5.92 Å². The van der Waals surface area contributed by atoms with E-state index in [-0.39, 0.29) is 29.6 Å². The molecule has 0 saturated heterocycles. The van der Waals surface area contributed by atoms with Crippen LogP contribution in [-0.2, 0) is 16.0 Å². The number of rotatable bonds is 8. The number of likely N-dealkylation sites (N-methyl/N-ethyl adjacent to an activating group) is 1. The van der Waals surface area contributed by atoms with Crippen LogP contribution in [0, 0.1) is 11.7 Å². The van der Waals surface area contributed by atoms with Gasteiger partial charge in [-0.3, -0.25) is 9.59 Å². The van der Waals surface area contributed by atoms with Crippen molar-refractivity contribution in [3.63, 3.8) is 0 Å². The lowest BCUT2D eigenvalue weighted by Gasteiger charge is -2.38. The molecule has 0 saturated carbocycles. The van der Waals surface area contributed by atoms with Gasteiger partial charge in [0, 0.05) is 26.1 Å². The first kappa shape index (κ1) is 24.7. The molecular formula is C27H35FN2O3. The Bertz CT molecular complexity index is 970. The van der Waals surface area contributed by atoms with E-state index < -0.39 is 6.10 Å². The highest BCUT2D eigenvalue weighted by molar-refractivity contribution is 5.81. The van der Waals surface area contributed by atoms with Crippen LogP contribution in [0.2, 0.25) is 0 Å². The third-order valence-corrected chi connectivity index (χ3v) is 6.17. The van der Waals surface area contributed by atoms with Crippen molar-refractivity contribution < 1.29 is 18.7 Å². The van der Waals surface area contributed by atoms with Gasteiger partial charge in [-0.25, -0.2) is 4.39 Å². The van der Waals surface area contributed by atoms with Crippen molar-refractivity contribution in [2.45, 2.75) is 59.6 Å². The summed E-state index contributed by atoms with van der Waals surface area (Å²) < 4.78 is 19.7. The molecule has 2 amide bonds. The lowest BCUT2D eigenvalue weighted by molar-refractivity contribution is -0.137. The van der Waals surface area contributed by atoms with Gasteiger partial charge in [0.25, 0.3) is 5.91 Å². The maximum atomic E-state index is 13.6. The maximum Gasteiger partial charge on any atom is 0.263 e. The summed E-state index contributed by atoms with van der Waals surface area (Å²) in [6, 6.07) is 11.9. The second-order valence-corrected chi connectivity index (χ2v) is 9.02. The second-order valence-electron chi connectivity index (χ2n) is 9.02. The summed E-state index contributed by atoms with van der Waals surface area (Å²) in [5.74, 6) is 0.556. The average Bonchev–Trinajstić information content (AvgIpc) is 2.79. The fourth-order valence-corrected chi connectivity index (χ4v) is 4.45. The zero-order valence-corrected chi connectivity index (χ0v) is 20.3. The average molecular weight is 455 g/mol. The first-order valence-corrected chi connectivity index (χ1v) is 11.9. The molecular weight excluding hydrogens is 419 g/mol. The lowest BCUT2D eigenvalue weighted by atomic mass is 9.87. The van der Waals surface area contributed by atoms with Crippen LogP contribution in [0.3, 0.4) is 0 Å². The molecule has 0 fully saturated rings. The molecule has 2 aromatic rings. The van der Waals surface area contributed by atoms with Crippen molar-refractivity contribution in [1.82, 2.24) is 9.80 Å². The number of carbonyl (C=O) groups excluding carboxylic acids is 2. The van der Waals surface area contributed by atoms with E-state index in [9.17, 15) is 14.0 Å². The number of benzene rings is 2. The van der Waals surface area contributed by atoms with Crippen LogP contribution < -0.4 is 4.74 Å². The van der Waals surface area contributed by atoms with Gasteiger partial charge in [0.05, 0.1) is 6.04 Å². The van der Waals surface area contributed by atoms with Crippen molar-refractivity contribution in [3.8, 4) is 5.75 Å². The Balaban J connectivity index is 1.96. The summed E-state index contributed by atoms with van der Waals surface area (Å²) in [5.41, 5.74) is 2.96. The van der Waals surface area contributed by atoms with Crippen LogP contribution >= 0.6 is 0 Å². The van der Waals surface area contributed by atoms with Crippen molar-refractivity contribution in [3.05, 3.63) is 65.0 Å². The van der Waals surface area contributed by atoms with Crippen molar-refractivity contribution >= 4 is 11.8 Å². The third kappa shape index (κ3) is 5.73. The van der Waals surface area contributed by atoms with Gasteiger partial charge in [0.15, 0.2) is 6.10 Å². The molecule has 1 aliphatic rings. The molecule has 0 bridgehead atoms. The highest BCUT2D eigenvalue weighted by Crippen LogP contribution is 2.38. The van der Waals surface area contributed by atoms with Crippen LogP contribution in [0.15, 0.2) is 42.5 Å². The standard InChI is InChI=1S/C27H35FN2O3/c1-6-29(7-2)27(32)19(5)33-23-13-10-20-14-15-30(25(31)16-18(3)4)26(24(20)17-23)21-8-11-22(28)12-9-21/h8-13,17-19,26H,6-7,14-16H2,1-5H3. The van der Waals surface area contributed by atoms with Gasteiger partial charge in [-0.2, -0.15) is 0 Å².